The first-order valence-electron chi connectivity index (χ1n) is 6.14. The molecule has 9 nitrogen and oxygen atoms in total. The van der Waals surface area contributed by atoms with E-state index in [1.165, 1.54) is 17.0 Å². The number of benzene rings is 1. The number of carbonyl (C=O) groups excluding carboxylic acids is 1. The summed E-state index contributed by atoms with van der Waals surface area (Å²) in [6, 6.07) is 2.55. The lowest BCUT2D eigenvalue weighted by Crippen LogP contribution is -2.31. The number of amides is 1. The predicted molar refractivity (Wildman–Crippen MR) is 72.7 cm³/mol. The van der Waals surface area contributed by atoms with Crippen molar-refractivity contribution in [2.24, 2.45) is 0 Å². The summed E-state index contributed by atoms with van der Waals surface area (Å²) >= 11 is 0. The smallest absolute Gasteiger partial charge is 0.323 e. The van der Waals surface area contributed by atoms with Crippen LogP contribution in [0.25, 0.3) is 0 Å². The van der Waals surface area contributed by atoms with E-state index in [0.29, 0.717) is 0 Å². The van der Waals surface area contributed by atoms with Crippen LogP contribution in [0, 0.1) is 10.1 Å². The molecule has 112 valence electrons. The molecule has 0 saturated heterocycles. The standard InChI is InChI=1S/C12H13N3O6/c1-2-14(5-12(17)18)8-3-7-10(4-9(8)15(19)20)21-6-11(16)13-7/h3-4H,2,5-6H2,1H3,(H,13,16)(H,17,18). The van der Waals surface area contributed by atoms with Gasteiger partial charge in [0.05, 0.1) is 16.7 Å². The molecule has 2 rings (SSSR count). The first kappa shape index (κ1) is 14.6. The zero-order chi connectivity index (χ0) is 15.6. The highest BCUT2D eigenvalue weighted by molar-refractivity contribution is 5.97. The number of anilines is 2. The van der Waals surface area contributed by atoms with Crippen LogP contribution < -0.4 is 15.0 Å². The van der Waals surface area contributed by atoms with E-state index >= 15 is 0 Å². The number of hydrogen-bond donors (Lipinski definition) is 2. The molecule has 9 heteroatoms. The van der Waals surface area contributed by atoms with Crippen LogP contribution in [0.2, 0.25) is 0 Å². The van der Waals surface area contributed by atoms with Crippen LogP contribution in [-0.2, 0) is 9.59 Å². The lowest BCUT2D eigenvalue weighted by Gasteiger charge is -2.24. The summed E-state index contributed by atoms with van der Waals surface area (Å²) in [4.78, 5) is 34.0. The van der Waals surface area contributed by atoms with Gasteiger partial charge in [-0.3, -0.25) is 19.7 Å². The Morgan fingerprint density at radius 3 is 2.86 bits per heavy atom. The number of aliphatic carboxylic acids is 1. The highest BCUT2D eigenvalue weighted by atomic mass is 16.6. The van der Waals surface area contributed by atoms with Gasteiger partial charge in [0.1, 0.15) is 12.2 Å². The third-order valence-electron chi connectivity index (χ3n) is 2.95. The van der Waals surface area contributed by atoms with Gasteiger partial charge in [0.15, 0.2) is 12.4 Å². The molecule has 1 amide bonds. The number of ether oxygens (including phenoxy) is 1. The fourth-order valence-electron chi connectivity index (χ4n) is 2.03. The molecule has 0 aliphatic carbocycles. The molecular weight excluding hydrogens is 282 g/mol. The van der Waals surface area contributed by atoms with Crippen molar-refractivity contribution in [2.75, 3.05) is 29.9 Å². The van der Waals surface area contributed by atoms with Crippen LogP contribution in [-0.4, -0.2) is 41.6 Å². The normalized spacial score (nSPS) is 12.9. The zero-order valence-electron chi connectivity index (χ0n) is 11.2. The van der Waals surface area contributed by atoms with Gasteiger partial charge in [0.25, 0.3) is 11.6 Å². The molecule has 1 aliphatic heterocycles. The number of nitrogens with one attached hydrogen (secondary N) is 1. The van der Waals surface area contributed by atoms with Crippen LogP contribution >= 0.6 is 0 Å². The number of fused-ring (bicyclic) bond motifs is 1. The largest absolute Gasteiger partial charge is 0.481 e. The van der Waals surface area contributed by atoms with E-state index in [1.54, 1.807) is 6.92 Å². The minimum atomic E-state index is -1.11. The molecule has 1 heterocycles. The lowest BCUT2D eigenvalue weighted by atomic mass is 10.2. The van der Waals surface area contributed by atoms with E-state index in [0.717, 1.165) is 0 Å². The van der Waals surface area contributed by atoms with E-state index < -0.39 is 10.9 Å². The summed E-state index contributed by atoms with van der Waals surface area (Å²) in [7, 11) is 0. The molecule has 0 saturated carbocycles. The Morgan fingerprint density at radius 1 is 1.57 bits per heavy atom. The van der Waals surface area contributed by atoms with E-state index in [9.17, 15) is 19.7 Å². The monoisotopic (exact) mass is 295 g/mol. The summed E-state index contributed by atoms with van der Waals surface area (Å²) in [5.41, 5.74) is 0.137. The topological polar surface area (TPSA) is 122 Å². The number of carboxylic acids is 1. The number of carboxylic acid groups (broad SMARTS) is 1. The van der Waals surface area contributed by atoms with Gasteiger partial charge in [-0.25, -0.2) is 0 Å². The average Bonchev–Trinajstić information content (AvgIpc) is 2.42. The molecule has 0 spiro atoms. The highest BCUT2D eigenvalue weighted by Crippen LogP contribution is 2.39. The molecule has 1 aromatic rings. The van der Waals surface area contributed by atoms with E-state index in [-0.39, 0.29) is 48.4 Å². The summed E-state index contributed by atoms with van der Waals surface area (Å²) < 4.78 is 5.12. The Hall–Kier alpha value is -2.84. The predicted octanol–water partition coefficient (Wildman–Crippen LogP) is 0.837. The lowest BCUT2D eigenvalue weighted by molar-refractivity contribution is -0.384. The second-order valence-electron chi connectivity index (χ2n) is 4.34. The zero-order valence-corrected chi connectivity index (χ0v) is 11.2. The molecule has 1 aliphatic rings. The van der Waals surface area contributed by atoms with Crippen LogP contribution in [0.3, 0.4) is 0 Å². The van der Waals surface area contributed by atoms with E-state index in [4.69, 9.17) is 9.84 Å². The van der Waals surface area contributed by atoms with E-state index in [1.807, 2.05) is 0 Å². The van der Waals surface area contributed by atoms with Crippen molar-refractivity contribution in [3.05, 3.63) is 22.2 Å². The van der Waals surface area contributed by atoms with Gasteiger partial charge in [0.2, 0.25) is 0 Å². The Kier molecular flexibility index (Phi) is 3.92. The minimum Gasteiger partial charge on any atom is -0.481 e. The van der Waals surface area contributed by atoms with Crippen molar-refractivity contribution in [3.63, 3.8) is 0 Å². The maximum Gasteiger partial charge on any atom is 0.323 e. The van der Waals surface area contributed by atoms with Crippen LogP contribution in [0.1, 0.15) is 6.92 Å². The van der Waals surface area contributed by atoms with E-state index in [2.05, 4.69) is 5.32 Å². The average molecular weight is 295 g/mol. The number of nitrogens with zero attached hydrogens (tertiary/aromatic N) is 2. The van der Waals surface area contributed by atoms with Crippen molar-refractivity contribution in [1.29, 1.82) is 0 Å². The molecule has 0 atom stereocenters. The summed E-state index contributed by atoms with van der Waals surface area (Å²) in [6.45, 7) is 1.35. The molecule has 0 aromatic heterocycles. The van der Waals surface area contributed by atoms with Crippen molar-refractivity contribution < 1.29 is 24.4 Å². The van der Waals surface area contributed by atoms with Gasteiger partial charge >= 0.3 is 5.97 Å². The van der Waals surface area contributed by atoms with Gasteiger partial charge in [-0.2, -0.15) is 0 Å². The molecule has 0 bridgehead atoms. The number of likely N-dealkylation sites (N-methyl/N-ethyl adjacent to an activating group) is 1. The summed E-state index contributed by atoms with van der Waals surface area (Å²) in [5.74, 6) is -1.29. The van der Waals surface area contributed by atoms with Crippen molar-refractivity contribution in [3.8, 4) is 5.75 Å². The first-order valence-corrected chi connectivity index (χ1v) is 6.14. The SMILES string of the molecule is CCN(CC(=O)O)c1cc2c(cc1[N+](=O)[O-])OCC(=O)N2. The summed E-state index contributed by atoms with van der Waals surface area (Å²) in [6.07, 6.45) is 0. The van der Waals surface area contributed by atoms with Gasteiger partial charge in [-0.1, -0.05) is 0 Å². The third kappa shape index (κ3) is 3.02. The number of rotatable bonds is 5. The van der Waals surface area contributed by atoms with Crippen LogP contribution in [0.15, 0.2) is 12.1 Å². The second-order valence-corrected chi connectivity index (χ2v) is 4.34. The first-order chi connectivity index (χ1) is 9.92. The maximum atomic E-state index is 11.3. The minimum absolute atomic E-state index is 0.120. The Balaban J connectivity index is 2.51. The summed E-state index contributed by atoms with van der Waals surface area (Å²) in [5, 5.41) is 22.6. The molecule has 21 heavy (non-hydrogen) atoms. The highest BCUT2D eigenvalue weighted by Gasteiger charge is 2.26. The molecule has 2 N–H and O–H groups in total. The van der Waals surface area contributed by atoms with Gasteiger partial charge in [-0.05, 0) is 13.0 Å². The van der Waals surface area contributed by atoms with Crippen LogP contribution in [0.4, 0.5) is 17.1 Å². The third-order valence-corrected chi connectivity index (χ3v) is 2.95. The van der Waals surface area contributed by atoms with Crippen molar-refractivity contribution >= 4 is 28.9 Å². The van der Waals surface area contributed by atoms with Gasteiger partial charge in [-0.15, -0.1) is 0 Å². The fourth-order valence-corrected chi connectivity index (χ4v) is 2.03. The fraction of sp³-hybridized carbons (Fsp3) is 0.333. The van der Waals surface area contributed by atoms with Crippen LogP contribution in [0.5, 0.6) is 5.75 Å². The molecule has 0 unspecified atom stereocenters. The number of nitro groups is 1. The Bertz CT molecular complexity index is 615. The second kappa shape index (κ2) is 5.65. The molecule has 0 fully saturated rings. The molecule has 1 aromatic carbocycles. The van der Waals surface area contributed by atoms with Gasteiger partial charge < -0.3 is 20.1 Å². The quantitative estimate of drug-likeness (QED) is 0.609. The van der Waals surface area contributed by atoms with Gasteiger partial charge in [0, 0.05) is 6.54 Å². The Labute approximate surface area is 119 Å². The number of carbonyl (C=O) groups is 2. The molecule has 0 radical (unpaired) electrons. The number of nitro benzene ring substituents is 1. The Morgan fingerprint density at radius 2 is 2.29 bits per heavy atom. The van der Waals surface area contributed by atoms with Crippen molar-refractivity contribution in [1.82, 2.24) is 0 Å². The number of hydrogen-bond acceptors (Lipinski definition) is 6. The maximum absolute atomic E-state index is 11.3. The van der Waals surface area contributed by atoms with Crippen molar-refractivity contribution in [2.45, 2.75) is 6.92 Å². The molecular formula is C12H13N3O6.